The van der Waals surface area contributed by atoms with Gasteiger partial charge in [-0.05, 0) is 47.9 Å². The molecule has 3 aromatic rings. The van der Waals surface area contributed by atoms with Crippen LogP contribution in [0.25, 0.3) is 5.57 Å². The first-order valence-corrected chi connectivity index (χ1v) is 10.4. The van der Waals surface area contributed by atoms with Gasteiger partial charge in [0.05, 0.1) is 6.04 Å². The van der Waals surface area contributed by atoms with Gasteiger partial charge >= 0.3 is 0 Å². The maximum absolute atomic E-state index is 13.1. The lowest BCUT2D eigenvalue weighted by Crippen LogP contribution is -2.29. The summed E-state index contributed by atoms with van der Waals surface area (Å²) < 4.78 is 0.916. The predicted molar refractivity (Wildman–Crippen MR) is 120 cm³/mol. The highest BCUT2D eigenvalue weighted by Crippen LogP contribution is 2.44. The number of rotatable bonds is 4. The summed E-state index contributed by atoms with van der Waals surface area (Å²) in [5.74, 6) is -0.593. The molecule has 1 amide bonds. The molecule has 146 valence electrons. The summed E-state index contributed by atoms with van der Waals surface area (Å²) in [7, 11) is 0. The minimum absolute atomic E-state index is 0.218. The van der Waals surface area contributed by atoms with E-state index in [-0.39, 0.29) is 11.7 Å². The molecule has 0 saturated heterocycles. The molecule has 29 heavy (non-hydrogen) atoms. The van der Waals surface area contributed by atoms with Gasteiger partial charge in [-0.1, -0.05) is 81.6 Å². The van der Waals surface area contributed by atoms with Crippen molar-refractivity contribution >= 4 is 39.0 Å². The molecule has 0 saturated carbocycles. The third kappa shape index (κ3) is 3.96. The quantitative estimate of drug-likeness (QED) is 0.477. The number of aliphatic hydroxyl groups is 1. The van der Waals surface area contributed by atoms with Crippen molar-refractivity contribution in [2.75, 3.05) is 0 Å². The largest absolute Gasteiger partial charge is 0.503 e. The fourth-order valence-corrected chi connectivity index (χ4v) is 4.20. The van der Waals surface area contributed by atoms with E-state index in [1.807, 2.05) is 67.6 Å². The number of benzene rings is 3. The summed E-state index contributed by atoms with van der Waals surface area (Å²) in [6.45, 7) is 2.43. The molecule has 0 bridgehead atoms. The smallest absolute Gasteiger partial charge is 0.290 e. The number of carbonyl (C=O) groups excluding carboxylic acids is 1. The maximum atomic E-state index is 13.1. The van der Waals surface area contributed by atoms with Crippen LogP contribution in [0.2, 0.25) is 5.02 Å². The molecular formula is C24H19BrClNO2. The molecule has 4 rings (SSSR count). The molecule has 1 heterocycles. The standard InChI is InChI=1S/C24H19BrClNO2/c1-15-5-7-16(8-6-15)14-27-22(18-3-2-4-19(25)13-18)21(23(28)24(27)29)17-9-11-20(26)12-10-17/h2-13,22,28H,14H2,1H3/t22-/m0/s1. The van der Waals surface area contributed by atoms with E-state index >= 15 is 0 Å². The fourth-order valence-electron chi connectivity index (χ4n) is 3.65. The molecule has 1 atom stereocenters. The van der Waals surface area contributed by atoms with Crippen LogP contribution in [0.3, 0.4) is 0 Å². The van der Waals surface area contributed by atoms with Crippen LogP contribution in [-0.4, -0.2) is 15.9 Å². The first kappa shape index (κ1) is 19.7. The van der Waals surface area contributed by atoms with Gasteiger partial charge in [0, 0.05) is 21.6 Å². The van der Waals surface area contributed by atoms with Crippen LogP contribution < -0.4 is 0 Å². The lowest BCUT2D eigenvalue weighted by molar-refractivity contribution is -0.130. The molecule has 0 aromatic heterocycles. The minimum Gasteiger partial charge on any atom is -0.503 e. The Balaban J connectivity index is 1.81. The van der Waals surface area contributed by atoms with Crippen molar-refractivity contribution in [2.45, 2.75) is 19.5 Å². The van der Waals surface area contributed by atoms with Crippen LogP contribution in [0.15, 0.2) is 83.0 Å². The van der Waals surface area contributed by atoms with Gasteiger partial charge in [-0.3, -0.25) is 4.79 Å². The zero-order valence-electron chi connectivity index (χ0n) is 15.8. The number of nitrogens with zero attached hydrogens (tertiary/aromatic N) is 1. The summed E-state index contributed by atoms with van der Waals surface area (Å²) in [5, 5.41) is 11.4. The van der Waals surface area contributed by atoms with Crippen molar-refractivity contribution in [2.24, 2.45) is 0 Å². The van der Waals surface area contributed by atoms with E-state index in [4.69, 9.17) is 11.6 Å². The van der Waals surface area contributed by atoms with E-state index < -0.39 is 6.04 Å². The van der Waals surface area contributed by atoms with Gasteiger partial charge in [0.25, 0.3) is 5.91 Å². The van der Waals surface area contributed by atoms with Crippen molar-refractivity contribution in [3.05, 3.63) is 110 Å². The summed E-state index contributed by atoms with van der Waals surface area (Å²) >= 11 is 9.56. The number of hydrogen-bond donors (Lipinski definition) is 1. The molecule has 3 aromatic carbocycles. The summed E-state index contributed by atoms with van der Waals surface area (Å²) in [5.41, 5.74) is 4.46. The van der Waals surface area contributed by atoms with Crippen LogP contribution >= 0.6 is 27.5 Å². The average molecular weight is 469 g/mol. The highest BCUT2D eigenvalue weighted by atomic mass is 79.9. The van der Waals surface area contributed by atoms with Gasteiger partial charge in [0.2, 0.25) is 0 Å². The molecular weight excluding hydrogens is 450 g/mol. The molecule has 0 radical (unpaired) electrons. The first-order chi connectivity index (χ1) is 13.9. The average Bonchev–Trinajstić information content (AvgIpc) is 2.95. The van der Waals surface area contributed by atoms with Crippen LogP contribution in [-0.2, 0) is 11.3 Å². The van der Waals surface area contributed by atoms with Gasteiger partial charge in [-0.2, -0.15) is 0 Å². The second-order valence-corrected chi connectivity index (χ2v) is 8.50. The van der Waals surface area contributed by atoms with Crippen molar-refractivity contribution < 1.29 is 9.90 Å². The Hall–Kier alpha value is -2.56. The van der Waals surface area contributed by atoms with Gasteiger partial charge in [-0.15, -0.1) is 0 Å². The SMILES string of the molecule is Cc1ccc(CN2C(=O)C(O)=C(c3ccc(Cl)cc3)[C@@H]2c2cccc(Br)c2)cc1. The Morgan fingerprint density at radius 1 is 1.03 bits per heavy atom. The van der Waals surface area contributed by atoms with Crippen LogP contribution in [0.1, 0.15) is 28.3 Å². The highest BCUT2D eigenvalue weighted by Gasteiger charge is 2.41. The molecule has 0 spiro atoms. The monoisotopic (exact) mass is 467 g/mol. The minimum atomic E-state index is -0.400. The number of amides is 1. The molecule has 1 aliphatic rings. The van der Waals surface area contributed by atoms with Gasteiger partial charge in [0.15, 0.2) is 5.76 Å². The summed E-state index contributed by atoms with van der Waals surface area (Å²) in [4.78, 5) is 14.8. The van der Waals surface area contributed by atoms with E-state index in [0.29, 0.717) is 17.1 Å². The van der Waals surface area contributed by atoms with Crippen molar-refractivity contribution in [3.63, 3.8) is 0 Å². The van der Waals surface area contributed by atoms with Crippen molar-refractivity contribution in [3.8, 4) is 0 Å². The Kier molecular flexibility index (Phi) is 5.48. The number of carbonyl (C=O) groups is 1. The second kappa shape index (κ2) is 8.05. The van der Waals surface area contributed by atoms with Crippen LogP contribution in [0.5, 0.6) is 0 Å². The van der Waals surface area contributed by atoms with E-state index in [2.05, 4.69) is 15.9 Å². The second-order valence-electron chi connectivity index (χ2n) is 7.15. The van der Waals surface area contributed by atoms with Gasteiger partial charge in [0.1, 0.15) is 0 Å². The first-order valence-electron chi connectivity index (χ1n) is 9.25. The van der Waals surface area contributed by atoms with Gasteiger partial charge < -0.3 is 10.0 Å². The molecule has 1 N–H and O–H groups in total. The normalized spacial score (nSPS) is 16.6. The Morgan fingerprint density at radius 2 is 1.72 bits per heavy atom. The lowest BCUT2D eigenvalue weighted by atomic mass is 9.93. The van der Waals surface area contributed by atoms with E-state index in [1.54, 1.807) is 17.0 Å². The molecule has 3 nitrogen and oxygen atoms in total. The number of halogens is 2. The van der Waals surface area contributed by atoms with Crippen molar-refractivity contribution in [1.82, 2.24) is 4.90 Å². The van der Waals surface area contributed by atoms with Crippen molar-refractivity contribution in [1.29, 1.82) is 0 Å². The summed E-state index contributed by atoms with van der Waals surface area (Å²) in [6.07, 6.45) is 0. The Labute approximate surface area is 183 Å². The summed E-state index contributed by atoms with van der Waals surface area (Å²) in [6, 6.07) is 22.7. The Bertz CT molecular complexity index is 1090. The molecule has 0 fully saturated rings. The molecule has 1 aliphatic heterocycles. The van der Waals surface area contributed by atoms with Crippen LogP contribution in [0, 0.1) is 6.92 Å². The number of aryl methyl sites for hydroxylation is 1. The van der Waals surface area contributed by atoms with Gasteiger partial charge in [-0.25, -0.2) is 0 Å². The highest BCUT2D eigenvalue weighted by molar-refractivity contribution is 9.10. The molecule has 0 unspecified atom stereocenters. The number of aliphatic hydroxyl groups excluding tert-OH is 1. The van der Waals surface area contributed by atoms with E-state index in [0.717, 1.165) is 26.7 Å². The molecule has 0 aliphatic carbocycles. The third-order valence-corrected chi connectivity index (χ3v) is 5.84. The third-order valence-electron chi connectivity index (χ3n) is 5.10. The van der Waals surface area contributed by atoms with E-state index in [1.165, 1.54) is 0 Å². The zero-order chi connectivity index (χ0) is 20.5. The molecule has 5 heteroatoms. The number of hydrogen-bond acceptors (Lipinski definition) is 2. The Morgan fingerprint density at radius 3 is 2.38 bits per heavy atom. The lowest BCUT2D eigenvalue weighted by Gasteiger charge is -2.27. The van der Waals surface area contributed by atoms with E-state index in [9.17, 15) is 9.90 Å². The fraction of sp³-hybridized carbons (Fsp3) is 0.125. The topological polar surface area (TPSA) is 40.5 Å². The maximum Gasteiger partial charge on any atom is 0.290 e. The predicted octanol–water partition coefficient (Wildman–Crippen LogP) is 6.46. The zero-order valence-corrected chi connectivity index (χ0v) is 18.1. The van der Waals surface area contributed by atoms with Crippen LogP contribution in [0.4, 0.5) is 0 Å².